The van der Waals surface area contributed by atoms with Crippen molar-refractivity contribution in [3.8, 4) is 6.07 Å². The molecule has 0 saturated heterocycles. The lowest BCUT2D eigenvalue weighted by Crippen LogP contribution is -2.02. The van der Waals surface area contributed by atoms with E-state index >= 15 is 0 Å². The fourth-order valence-electron chi connectivity index (χ4n) is 1.98. The molecule has 0 bridgehead atoms. The molecule has 0 heterocycles. The summed E-state index contributed by atoms with van der Waals surface area (Å²) in [6.07, 6.45) is 0.904. The molecule has 0 aliphatic carbocycles. The quantitative estimate of drug-likeness (QED) is 0.909. The lowest BCUT2D eigenvalue weighted by atomic mass is 10.1. The van der Waals surface area contributed by atoms with E-state index < -0.39 is 5.97 Å². The molecule has 0 spiro atoms. The van der Waals surface area contributed by atoms with Crippen LogP contribution >= 0.6 is 11.8 Å². The summed E-state index contributed by atoms with van der Waals surface area (Å²) < 4.78 is 0. The Labute approximate surface area is 128 Å². The number of carbonyl (C=O) groups is 1. The zero-order valence-electron chi connectivity index (χ0n) is 11.7. The van der Waals surface area contributed by atoms with Crippen molar-refractivity contribution in [2.45, 2.75) is 29.6 Å². The summed E-state index contributed by atoms with van der Waals surface area (Å²) in [4.78, 5) is 12.9. The highest BCUT2D eigenvalue weighted by atomic mass is 32.2. The number of carboxylic acid groups (broad SMARTS) is 1. The molecule has 0 saturated carbocycles. The molecular weight excluding hydrogens is 282 g/mol. The third-order valence-corrected chi connectivity index (χ3v) is 4.21. The van der Waals surface area contributed by atoms with Gasteiger partial charge in [-0.1, -0.05) is 30.8 Å². The summed E-state index contributed by atoms with van der Waals surface area (Å²) in [6.45, 7) is 2.05. The molecule has 0 aliphatic rings. The van der Waals surface area contributed by atoms with Gasteiger partial charge in [0, 0.05) is 9.79 Å². The van der Waals surface area contributed by atoms with Gasteiger partial charge in [-0.3, -0.25) is 4.79 Å². The standard InChI is InChI=1S/C17H15NO2S/c1-2-12-5-8-16(14(9-12)10-17(19)20)21-15-6-3-13(11-18)4-7-15/h3-9H,2,10H2,1H3,(H,19,20). The maximum Gasteiger partial charge on any atom is 0.307 e. The smallest absolute Gasteiger partial charge is 0.307 e. The minimum absolute atomic E-state index is 0.0203. The highest BCUT2D eigenvalue weighted by molar-refractivity contribution is 7.99. The molecule has 0 atom stereocenters. The van der Waals surface area contributed by atoms with Crippen molar-refractivity contribution >= 4 is 17.7 Å². The number of rotatable bonds is 5. The van der Waals surface area contributed by atoms with Crippen molar-refractivity contribution in [2.24, 2.45) is 0 Å². The molecule has 2 rings (SSSR count). The first-order valence-electron chi connectivity index (χ1n) is 6.64. The first-order chi connectivity index (χ1) is 10.1. The van der Waals surface area contributed by atoms with Crippen LogP contribution in [0.1, 0.15) is 23.6 Å². The summed E-state index contributed by atoms with van der Waals surface area (Å²) in [5.41, 5.74) is 2.58. The van der Waals surface area contributed by atoms with Crippen LogP contribution in [0.15, 0.2) is 52.3 Å². The number of benzene rings is 2. The van der Waals surface area contributed by atoms with Gasteiger partial charge >= 0.3 is 5.97 Å². The van der Waals surface area contributed by atoms with Crippen LogP contribution in [0, 0.1) is 11.3 Å². The monoisotopic (exact) mass is 297 g/mol. The van der Waals surface area contributed by atoms with Crippen LogP contribution in [0.4, 0.5) is 0 Å². The van der Waals surface area contributed by atoms with E-state index in [-0.39, 0.29) is 6.42 Å². The zero-order chi connectivity index (χ0) is 15.2. The van der Waals surface area contributed by atoms with E-state index in [1.54, 1.807) is 12.1 Å². The van der Waals surface area contributed by atoms with Crippen molar-refractivity contribution in [3.05, 3.63) is 59.2 Å². The van der Waals surface area contributed by atoms with Gasteiger partial charge in [-0.2, -0.15) is 5.26 Å². The van der Waals surface area contributed by atoms with Crippen molar-refractivity contribution in [2.75, 3.05) is 0 Å². The second-order valence-electron chi connectivity index (χ2n) is 4.60. The molecule has 0 radical (unpaired) electrons. The van der Waals surface area contributed by atoms with Gasteiger partial charge in [0.15, 0.2) is 0 Å². The van der Waals surface area contributed by atoms with Crippen molar-refractivity contribution in [3.63, 3.8) is 0 Å². The van der Waals surface area contributed by atoms with Crippen LogP contribution in [0.25, 0.3) is 0 Å². The summed E-state index contributed by atoms with van der Waals surface area (Å²) in [7, 11) is 0. The van der Waals surface area contributed by atoms with E-state index in [4.69, 9.17) is 10.4 Å². The Kier molecular flexibility index (Phi) is 5.02. The minimum Gasteiger partial charge on any atom is -0.481 e. The lowest BCUT2D eigenvalue weighted by molar-refractivity contribution is -0.136. The average Bonchev–Trinajstić information content (AvgIpc) is 2.49. The molecule has 0 fully saturated rings. The minimum atomic E-state index is -0.829. The Balaban J connectivity index is 2.29. The van der Waals surface area contributed by atoms with Gasteiger partial charge in [-0.15, -0.1) is 0 Å². The molecule has 21 heavy (non-hydrogen) atoms. The number of hydrogen-bond acceptors (Lipinski definition) is 3. The third-order valence-electron chi connectivity index (χ3n) is 3.09. The van der Waals surface area contributed by atoms with Crippen LogP contribution < -0.4 is 0 Å². The van der Waals surface area contributed by atoms with Gasteiger partial charge in [0.2, 0.25) is 0 Å². The molecule has 3 nitrogen and oxygen atoms in total. The predicted octanol–water partition coefficient (Wildman–Crippen LogP) is 3.90. The highest BCUT2D eigenvalue weighted by Gasteiger charge is 2.09. The number of nitrogens with zero attached hydrogens (tertiary/aromatic N) is 1. The van der Waals surface area contributed by atoms with E-state index in [0.717, 1.165) is 27.3 Å². The van der Waals surface area contributed by atoms with E-state index in [9.17, 15) is 4.79 Å². The number of aliphatic carboxylic acids is 1. The fourth-order valence-corrected chi connectivity index (χ4v) is 2.90. The largest absolute Gasteiger partial charge is 0.481 e. The number of nitriles is 1. The Morgan fingerprint density at radius 2 is 1.95 bits per heavy atom. The van der Waals surface area contributed by atoms with Crippen LogP contribution in [-0.2, 0) is 17.6 Å². The summed E-state index contributed by atoms with van der Waals surface area (Å²) in [5, 5.41) is 17.8. The second-order valence-corrected chi connectivity index (χ2v) is 5.72. The number of aryl methyl sites for hydroxylation is 1. The maximum atomic E-state index is 11.0. The van der Waals surface area contributed by atoms with Crippen molar-refractivity contribution in [1.82, 2.24) is 0 Å². The number of carboxylic acids is 1. The van der Waals surface area contributed by atoms with Gasteiger partial charge < -0.3 is 5.11 Å². The zero-order valence-corrected chi connectivity index (χ0v) is 12.5. The van der Waals surface area contributed by atoms with E-state index in [2.05, 4.69) is 6.07 Å². The molecule has 0 amide bonds. The van der Waals surface area contributed by atoms with Crippen molar-refractivity contribution < 1.29 is 9.90 Å². The highest BCUT2D eigenvalue weighted by Crippen LogP contribution is 2.31. The molecule has 2 aromatic rings. The SMILES string of the molecule is CCc1ccc(Sc2ccc(C#N)cc2)c(CC(=O)O)c1. The summed E-state index contributed by atoms with van der Waals surface area (Å²) in [6, 6.07) is 15.3. The molecule has 0 aliphatic heterocycles. The Hall–Kier alpha value is -2.25. The lowest BCUT2D eigenvalue weighted by Gasteiger charge is -2.09. The molecule has 4 heteroatoms. The van der Waals surface area contributed by atoms with Crippen molar-refractivity contribution in [1.29, 1.82) is 5.26 Å². The van der Waals surface area contributed by atoms with Crippen LogP contribution in [0.5, 0.6) is 0 Å². The van der Waals surface area contributed by atoms with Gasteiger partial charge in [-0.05, 0) is 47.9 Å². The molecular formula is C17H15NO2S. The van der Waals surface area contributed by atoms with E-state index in [0.29, 0.717) is 5.56 Å². The van der Waals surface area contributed by atoms with E-state index in [1.165, 1.54) is 11.8 Å². The van der Waals surface area contributed by atoms with Crippen LogP contribution in [-0.4, -0.2) is 11.1 Å². The van der Waals surface area contributed by atoms with E-state index in [1.807, 2.05) is 37.3 Å². The predicted molar refractivity (Wildman–Crippen MR) is 82.4 cm³/mol. The van der Waals surface area contributed by atoms with Crippen LogP contribution in [0.2, 0.25) is 0 Å². The summed E-state index contributed by atoms with van der Waals surface area (Å²) >= 11 is 1.52. The normalized spacial score (nSPS) is 10.1. The molecule has 1 N–H and O–H groups in total. The molecule has 106 valence electrons. The second kappa shape index (κ2) is 6.96. The topological polar surface area (TPSA) is 61.1 Å². The Morgan fingerprint density at radius 1 is 1.24 bits per heavy atom. The average molecular weight is 297 g/mol. The fraction of sp³-hybridized carbons (Fsp3) is 0.176. The maximum absolute atomic E-state index is 11.0. The van der Waals surface area contributed by atoms with Crippen LogP contribution in [0.3, 0.4) is 0 Å². The van der Waals surface area contributed by atoms with Gasteiger partial charge in [0.1, 0.15) is 0 Å². The van der Waals surface area contributed by atoms with Gasteiger partial charge in [0.05, 0.1) is 18.1 Å². The molecule has 0 unspecified atom stereocenters. The Morgan fingerprint density at radius 3 is 2.52 bits per heavy atom. The summed E-state index contributed by atoms with van der Waals surface area (Å²) in [5.74, 6) is -0.829. The molecule has 2 aromatic carbocycles. The van der Waals surface area contributed by atoms with Gasteiger partial charge in [-0.25, -0.2) is 0 Å². The first kappa shape index (κ1) is 15.1. The first-order valence-corrected chi connectivity index (χ1v) is 7.45. The molecule has 0 aromatic heterocycles. The number of hydrogen-bond donors (Lipinski definition) is 1. The Bertz CT molecular complexity index is 687. The third kappa shape index (κ3) is 4.11. The van der Waals surface area contributed by atoms with Gasteiger partial charge in [0.25, 0.3) is 0 Å².